The first-order valence-corrected chi connectivity index (χ1v) is 11.2. The first-order valence-electron chi connectivity index (χ1n) is 11.2. The third kappa shape index (κ3) is 3.90. The number of methoxy groups -OCH3 is 4. The van der Waals surface area contributed by atoms with Crippen molar-refractivity contribution < 1.29 is 38.0 Å². The van der Waals surface area contributed by atoms with E-state index in [1.807, 2.05) is 6.07 Å². The molecule has 0 spiro atoms. The summed E-state index contributed by atoms with van der Waals surface area (Å²) in [6.45, 7) is 0. The predicted octanol–water partition coefficient (Wildman–Crippen LogP) is 4.78. The molecule has 8 heteroatoms. The number of hydrogen-bond donors (Lipinski definition) is 0. The van der Waals surface area contributed by atoms with Gasteiger partial charge in [0.15, 0.2) is 5.76 Å². The monoisotopic (exact) mass is 488 g/mol. The highest BCUT2D eigenvalue weighted by Crippen LogP contribution is 2.51. The summed E-state index contributed by atoms with van der Waals surface area (Å²) in [4.78, 5) is 25.8. The van der Waals surface area contributed by atoms with E-state index in [1.165, 1.54) is 0 Å². The second kappa shape index (κ2) is 9.30. The summed E-state index contributed by atoms with van der Waals surface area (Å²) in [6.07, 6.45) is 1.69. The topological polar surface area (TPSA) is 89.5 Å². The molecule has 0 aromatic heterocycles. The molecule has 2 heterocycles. The average molecular weight is 488 g/mol. The van der Waals surface area contributed by atoms with Gasteiger partial charge in [0.05, 0.1) is 40.4 Å². The van der Waals surface area contributed by atoms with E-state index in [0.717, 1.165) is 5.56 Å². The van der Waals surface area contributed by atoms with Crippen LogP contribution in [0.2, 0.25) is 0 Å². The zero-order chi connectivity index (χ0) is 25.4. The fourth-order valence-electron chi connectivity index (χ4n) is 4.56. The molecule has 3 aromatic carbocycles. The molecule has 184 valence electrons. The van der Waals surface area contributed by atoms with E-state index in [0.29, 0.717) is 51.2 Å². The summed E-state index contributed by atoms with van der Waals surface area (Å²) >= 11 is 0. The van der Waals surface area contributed by atoms with E-state index in [-0.39, 0.29) is 23.9 Å². The first kappa shape index (κ1) is 23.3. The number of ether oxygens (including phenoxy) is 6. The van der Waals surface area contributed by atoms with Gasteiger partial charge >= 0.3 is 5.97 Å². The maximum Gasteiger partial charge on any atom is 0.312 e. The summed E-state index contributed by atoms with van der Waals surface area (Å²) < 4.78 is 33.3. The highest BCUT2D eigenvalue weighted by atomic mass is 16.5. The van der Waals surface area contributed by atoms with Crippen LogP contribution in [0, 0.1) is 0 Å². The van der Waals surface area contributed by atoms with Crippen LogP contribution in [0.4, 0.5) is 0 Å². The van der Waals surface area contributed by atoms with Gasteiger partial charge in [-0.2, -0.15) is 0 Å². The van der Waals surface area contributed by atoms with Gasteiger partial charge in [0, 0.05) is 34.7 Å². The number of Topliss-reactive ketones (excluding diaryl/α,β-unsaturated/α-hetero) is 1. The average Bonchev–Trinajstić information content (AvgIpc) is 3.22. The Morgan fingerprint density at radius 3 is 2.19 bits per heavy atom. The van der Waals surface area contributed by atoms with Gasteiger partial charge in [-0.25, -0.2) is 0 Å². The summed E-state index contributed by atoms with van der Waals surface area (Å²) in [5.41, 5.74) is 2.43. The van der Waals surface area contributed by atoms with Crippen molar-refractivity contribution in [3.8, 4) is 34.5 Å². The van der Waals surface area contributed by atoms with Crippen LogP contribution in [0.25, 0.3) is 6.08 Å². The number of hydrogen-bond acceptors (Lipinski definition) is 8. The zero-order valence-electron chi connectivity index (χ0n) is 20.2. The second-order valence-electron chi connectivity index (χ2n) is 8.24. The van der Waals surface area contributed by atoms with Crippen molar-refractivity contribution >= 4 is 17.8 Å². The minimum atomic E-state index is -0.445. The van der Waals surface area contributed by atoms with Gasteiger partial charge in [0.1, 0.15) is 34.5 Å². The number of rotatable bonds is 6. The van der Waals surface area contributed by atoms with E-state index in [1.54, 1.807) is 77.0 Å². The largest absolute Gasteiger partial charge is 0.497 e. The molecule has 5 rings (SSSR count). The lowest BCUT2D eigenvalue weighted by Crippen LogP contribution is -2.22. The van der Waals surface area contributed by atoms with Gasteiger partial charge in [-0.3, -0.25) is 9.59 Å². The van der Waals surface area contributed by atoms with Crippen molar-refractivity contribution in [2.45, 2.75) is 12.3 Å². The molecule has 0 fully saturated rings. The van der Waals surface area contributed by atoms with E-state index in [4.69, 9.17) is 28.4 Å². The SMILES string of the molecule is COc1ccc(C=C2Oc3c(ccc4c3C(c3ccc(OC)cc3OC)CC(=O)O4)C2=O)c(OC)c1. The highest BCUT2D eigenvalue weighted by Gasteiger charge is 2.39. The van der Waals surface area contributed by atoms with Crippen LogP contribution in [-0.4, -0.2) is 40.2 Å². The number of esters is 1. The quantitative estimate of drug-likeness (QED) is 0.278. The lowest BCUT2D eigenvalue weighted by atomic mass is 9.84. The number of ketones is 1. The molecule has 3 aromatic rings. The van der Waals surface area contributed by atoms with Crippen LogP contribution in [0.1, 0.15) is 39.4 Å². The number of carbonyl (C=O) groups is 2. The van der Waals surface area contributed by atoms with Crippen LogP contribution in [0.3, 0.4) is 0 Å². The summed E-state index contributed by atoms with van der Waals surface area (Å²) in [5, 5.41) is 0. The normalized spacial score (nSPS) is 17.1. The minimum Gasteiger partial charge on any atom is -0.497 e. The molecule has 1 atom stereocenters. The maximum absolute atomic E-state index is 13.3. The van der Waals surface area contributed by atoms with Crippen molar-refractivity contribution in [3.05, 3.63) is 76.5 Å². The molecule has 0 bridgehead atoms. The summed E-state index contributed by atoms with van der Waals surface area (Å²) in [7, 11) is 6.23. The Balaban J connectivity index is 1.61. The lowest BCUT2D eigenvalue weighted by Gasteiger charge is -2.27. The third-order valence-electron chi connectivity index (χ3n) is 6.32. The van der Waals surface area contributed by atoms with Crippen LogP contribution < -0.4 is 28.4 Å². The van der Waals surface area contributed by atoms with Gasteiger partial charge in [0.25, 0.3) is 0 Å². The standard InChI is InChI=1S/C28H24O8/c1-31-16-6-5-15(22(12-16)33-3)11-24-27(30)19-9-10-21-26(28(19)36-24)20(14-25(29)35-21)18-8-7-17(32-2)13-23(18)34-4/h5-13,20H,14H2,1-4H3. The molecule has 8 nitrogen and oxygen atoms in total. The molecule has 0 saturated carbocycles. The summed E-state index contributed by atoms with van der Waals surface area (Å²) in [6, 6.07) is 13.9. The molecule has 1 unspecified atom stereocenters. The first-order chi connectivity index (χ1) is 17.5. The maximum atomic E-state index is 13.3. The fourth-order valence-corrected chi connectivity index (χ4v) is 4.56. The minimum absolute atomic E-state index is 0.0645. The van der Waals surface area contributed by atoms with Crippen molar-refractivity contribution in [1.82, 2.24) is 0 Å². The number of fused-ring (bicyclic) bond motifs is 3. The number of allylic oxidation sites excluding steroid dienone is 1. The van der Waals surface area contributed by atoms with Gasteiger partial charge in [0.2, 0.25) is 5.78 Å². The Bertz CT molecular complexity index is 1400. The van der Waals surface area contributed by atoms with Crippen LogP contribution in [0.5, 0.6) is 34.5 Å². The van der Waals surface area contributed by atoms with Gasteiger partial charge in [-0.15, -0.1) is 0 Å². The van der Waals surface area contributed by atoms with E-state index in [9.17, 15) is 9.59 Å². The van der Waals surface area contributed by atoms with Crippen molar-refractivity contribution in [3.63, 3.8) is 0 Å². The van der Waals surface area contributed by atoms with Crippen LogP contribution >= 0.6 is 0 Å². The molecule has 0 radical (unpaired) electrons. The molecular weight excluding hydrogens is 464 g/mol. The molecule has 0 saturated heterocycles. The molecule has 0 amide bonds. The highest BCUT2D eigenvalue weighted by molar-refractivity contribution is 6.15. The zero-order valence-corrected chi connectivity index (χ0v) is 20.2. The smallest absolute Gasteiger partial charge is 0.312 e. The lowest BCUT2D eigenvalue weighted by molar-refractivity contribution is -0.135. The Labute approximate surface area is 207 Å². The molecule has 2 aliphatic heterocycles. The number of benzene rings is 3. The van der Waals surface area contributed by atoms with Crippen LogP contribution in [0.15, 0.2) is 54.3 Å². The van der Waals surface area contributed by atoms with E-state index in [2.05, 4.69) is 0 Å². The summed E-state index contributed by atoms with van der Waals surface area (Å²) in [5.74, 6) is 2.10. The van der Waals surface area contributed by atoms with Crippen molar-refractivity contribution in [1.29, 1.82) is 0 Å². The van der Waals surface area contributed by atoms with E-state index < -0.39 is 5.92 Å². The third-order valence-corrected chi connectivity index (χ3v) is 6.32. The molecule has 2 aliphatic rings. The van der Waals surface area contributed by atoms with Crippen molar-refractivity contribution in [2.24, 2.45) is 0 Å². The Hall–Kier alpha value is -4.46. The van der Waals surface area contributed by atoms with Gasteiger partial charge in [-0.1, -0.05) is 6.07 Å². The van der Waals surface area contributed by atoms with Gasteiger partial charge < -0.3 is 28.4 Å². The van der Waals surface area contributed by atoms with E-state index >= 15 is 0 Å². The molecular formula is C28H24O8. The Morgan fingerprint density at radius 2 is 1.50 bits per heavy atom. The molecule has 0 aliphatic carbocycles. The predicted molar refractivity (Wildman–Crippen MR) is 131 cm³/mol. The Kier molecular flexibility index (Phi) is 6.01. The number of carbonyl (C=O) groups excluding carboxylic acids is 2. The molecule has 36 heavy (non-hydrogen) atoms. The molecule has 0 N–H and O–H groups in total. The van der Waals surface area contributed by atoms with Gasteiger partial charge in [-0.05, 0) is 36.4 Å². The second-order valence-corrected chi connectivity index (χ2v) is 8.24. The Morgan fingerprint density at radius 1 is 0.806 bits per heavy atom. The van der Waals surface area contributed by atoms with Crippen molar-refractivity contribution in [2.75, 3.05) is 28.4 Å². The van der Waals surface area contributed by atoms with Crippen LogP contribution in [-0.2, 0) is 4.79 Å². The fraction of sp³-hybridized carbons (Fsp3) is 0.214.